The van der Waals surface area contributed by atoms with Gasteiger partial charge in [-0.05, 0) is 30.9 Å². The van der Waals surface area contributed by atoms with Crippen LogP contribution in [0.1, 0.15) is 29.5 Å². The van der Waals surface area contributed by atoms with Gasteiger partial charge >= 0.3 is 0 Å². The van der Waals surface area contributed by atoms with Crippen molar-refractivity contribution in [1.29, 1.82) is 0 Å². The number of aliphatic hydroxyl groups is 1. The third-order valence-electron chi connectivity index (χ3n) is 3.91. The molecule has 0 bridgehead atoms. The van der Waals surface area contributed by atoms with Gasteiger partial charge in [0.15, 0.2) is 0 Å². The van der Waals surface area contributed by atoms with Gasteiger partial charge in [-0.25, -0.2) is 0 Å². The highest BCUT2D eigenvalue weighted by Crippen LogP contribution is 2.33. The van der Waals surface area contributed by atoms with Crippen LogP contribution < -0.4 is 0 Å². The molecule has 1 aliphatic carbocycles. The molecule has 0 saturated heterocycles. The molecule has 0 atom stereocenters. The number of rotatable bonds is 3. The third kappa shape index (κ3) is 3.04. The zero-order valence-electron chi connectivity index (χ0n) is 12.8. The van der Waals surface area contributed by atoms with Gasteiger partial charge in [-0.3, -0.25) is 0 Å². The quantitative estimate of drug-likeness (QED) is 0.567. The van der Waals surface area contributed by atoms with Gasteiger partial charge in [-0.1, -0.05) is 78.4 Å². The second-order valence-corrected chi connectivity index (χ2v) is 5.59. The van der Waals surface area contributed by atoms with E-state index in [0.29, 0.717) is 5.76 Å². The zero-order valence-corrected chi connectivity index (χ0v) is 12.8. The van der Waals surface area contributed by atoms with E-state index in [1.165, 1.54) is 5.56 Å². The monoisotopic (exact) mass is 288 g/mol. The highest BCUT2D eigenvalue weighted by Gasteiger charge is 2.14. The number of hydrogen-bond donors (Lipinski definition) is 1. The first-order valence-electron chi connectivity index (χ1n) is 7.68. The lowest BCUT2D eigenvalue weighted by Gasteiger charge is -2.15. The molecule has 22 heavy (non-hydrogen) atoms. The maximum absolute atomic E-state index is 10.9. The van der Waals surface area contributed by atoms with Crippen molar-refractivity contribution in [3.63, 3.8) is 0 Å². The minimum absolute atomic E-state index is 0.335. The number of aliphatic hydroxyl groups excluding tert-OH is 1. The maximum atomic E-state index is 10.9. The van der Waals surface area contributed by atoms with Gasteiger partial charge in [-0.2, -0.15) is 0 Å². The van der Waals surface area contributed by atoms with Gasteiger partial charge < -0.3 is 5.11 Å². The summed E-state index contributed by atoms with van der Waals surface area (Å²) in [6, 6.07) is 18.1. The van der Waals surface area contributed by atoms with Crippen LogP contribution in [-0.2, 0) is 0 Å². The van der Waals surface area contributed by atoms with Gasteiger partial charge in [0, 0.05) is 11.1 Å². The second kappa shape index (κ2) is 6.48. The molecule has 0 saturated carbocycles. The summed E-state index contributed by atoms with van der Waals surface area (Å²) in [5.41, 5.74) is 5.11. The fourth-order valence-corrected chi connectivity index (χ4v) is 2.70. The lowest BCUT2D eigenvalue weighted by Crippen LogP contribution is -1.97. The molecule has 1 nitrogen and oxygen atoms in total. The van der Waals surface area contributed by atoms with E-state index in [0.717, 1.165) is 35.1 Å². The van der Waals surface area contributed by atoms with E-state index in [4.69, 9.17) is 0 Å². The van der Waals surface area contributed by atoms with Gasteiger partial charge in [0.2, 0.25) is 0 Å². The Labute approximate surface area is 131 Å². The molecule has 0 aliphatic heterocycles. The summed E-state index contributed by atoms with van der Waals surface area (Å²) in [7, 11) is 0. The molecular weight excluding hydrogens is 268 g/mol. The van der Waals surface area contributed by atoms with E-state index in [9.17, 15) is 5.11 Å². The summed E-state index contributed by atoms with van der Waals surface area (Å²) in [5, 5.41) is 10.9. The summed E-state index contributed by atoms with van der Waals surface area (Å²) >= 11 is 0. The average molecular weight is 288 g/mol. The van der Waals surface area contributed by atoms with Crippen LogP contribution in [0.5, 0.6) is 0 Å². The third-order valence-corrected chi connectivity index (χ3v) is 3.91. The van der Waals surface area contributed by atoms with Gasteiger partial charge in [-0.15, -0.1) is 0 Å². The van der Waals surface area contributed by atoms with Crippen molar-refractivity contribution in [2.45, 2.75) is 19.8 Å². The highest BCUT2D eigenvalue weighted by atomic mass is 16.3. The Balaban J connectivity index is 2.16. The molecule has 1 N–H and O–H groups in total. The molecule has 0 unspecified atom stereocenters. The number of allylic oxidation sites excluding steroid dienone is 5. The fourth-order valence-electron chi connectivity index (χ4n) is 2.70. The lowest BCUT2D eigenvalue weighted by molar-refractivity contribution is 0.513. The van der Waals surface area contributed by atoms with Crippen LogP contribution in [0.2, 0.25) is 0 Å². The van der Waals surface area contributed by atoms with Crippen molar-refractivity contribution in [1.82, 2.24) is 0 Å². The molecule has 0 spiro atoms. The maximum Gasteiger partial charge on any atom is 0.131 e. The predicted molar refractivity (Wildman–Crippen MR) is 93.5 cm³/mol. The van der Waals surface area contributed by atoms with E-state index in [-0.39, 0.29) is 0 Å². The van der Waals surface area contributed by atoms with Crippen LogP contribution in [0.15, 0.2) is 78.4 Å². The molecule has 0 heterocycles. The molecule has 1 aliphatic rings. The van der Waals surface area contributed by atoms with E-state index in [2.05, 4.69) is 49.4 Å². The van der Waals surface area contributed by atoms with E-state index >= 15 is 0 Å². The first-order valence-corrected chi connectivity index (χ1v) is 7.68. The lowest BCUT2D eigenvalue weighted by atomic mass is 9.90. The topological polar surface area (TPSA) is 20.2 Å². The van der Waals surface area contributed by atoms with Crippen molar-refractivity contribution < 1.29 is 5.11 Å². The first kappa shape index (κ1) is 14.4. The molecule has 2 aromatic rings. The van der Waals surface area contributed by atoms with Gasteiger partial charge in [0.25, 0.3) is 0 Å². The van der Waals surface area contributed by atoms with E-state index < -0.39 is 0 Å². The standard InChI is InChI=1S/C21H20O/c1-16-12-14-18(15-13-16)20(17-8-4-2-5-9-17)21(22)19-10-6-3-7-11-19/h3-4,6-15,22H,2,5H2,1H3/b21-20+. The normalized spacial score (nSPS) is 15.2. The Morgan fingerprint density at radius 2 is 1.59 bits per heavy atom. The summed E-state index contributed by atoms with van der Waals surface area (Å²) in [6.45, 7) is 2.07. The summed E-state index contributed by atoms with van der Waals surface area (Å²) < 4.78 is 0. The molecular formula is C21H20O. The zero-order chi connectivity index (χ0) is 15.4. The molecule has 3 rings (SSSR count). The minimum atomic E-state index is 0.335. The van der Waals surface area contributed by atoms with Crippen molar-refractivity contribution in [3.05, 3.63) is 95.1 Å². The van der Waals surface area contributed by atoms with Crippen molar-refractivity contribution in [3.8, 4) is 0 Å². The Bertz CT molecular complexity index is 731. The minimum Gasteiger partial charge on any atom is -0.507 e. The van der Waals surface area contributed by atoms with Crippen LogP contribution >= 0.6 is 0 Å². The highest BCUT2D eigenvalue weighted by molar-refractivity contribution is 5.96. The summed E-state index contributed by atoms with van der Waals surface area (Å²) in [4.78, 5) is 0. The van der Waals surface area contributed by atoms with Crippen molar-refractivity contribution in [2.75, 3.05) is 0 Å². The molecule has 0 amide bonds. The van der Waals surface area contributed by atoms with E-state index in [1.54, 1.807) is 0 Å². The van der Waals surface area contributed by atoms with Crippen molar-refractivity contribution >= 4 is 11.3 Å². The SMILES string of the molecule is Cc1ccc(/C(C2=CCCC=C2)=C(/O)c2ccccc2)cc1. The van der Waals surface area contributed by atoms with Crippen LogP contribution in [0.4, 0.5) is 0 Å². The smallest absolute Gasteiger partial charge is 0.131 e. The fraction of sp³-hybridized carbons (Fsp3) is 0.143. The molecule has 0 aromatic heterocycles. The van der Waals surface area contributed by atoms with Crippen LogP contribution in [0.25, 0.3) is 11.3 Å². The van der Waals surface area contributed by atoms with Crippen LogP contribution in [0, 0.1) is 6.92 Å². The number of aryl methyl sites for hydroxylation is 1. The second-order valence-electron chi connectivity index (χ2n) is 5.59. The Kier molecular flexibility index (Phi) is 4.24. The van der Waals surface area contributed by atoms with Gasteiger partial charge in [0.1, 0.15) is 5.76 Å². The molecule has 110 valence electrons. The Morgan fingerprint density at radius 3 is 2.23 bits per heavy atom. The predicted octanol–water partition coefficient (Wildman–Crippen LogP) is 5.70. The Morgan fingerprint density at radius 1 is 0.864 bits per heavy atom. The number of benzene rings is 2. The van der Waals surface area contributed by atoms with Crippen molar-refractivity contribution in [2.24, 2.45) is 0 Å². The Hall–Kier alpha value is -2.54. The molecule has 0 fully saturated rings. The molecule has 0 radical (unpaired) electrons. The van der Waals surface area contributed by atoms with Crippen LogP contribution in [0.3, 0.4) is 0 Å². The largest absolute Gasteiger partial charge is 0.507 e. The van der Waals surface area contributed by atoms with Gasteiger partial charge in [0.05, 0.1) is 0 Å². The molecule has 2 aromatic carbocycles. The average Bonchev–Trinajstić information content (AvgIpc) is 2.58. The molecule has 1 heteroatoms. The number of hydrogen-bond acceptors (Lipinski definition) is 1. The van der Waals surface area contributed by atoms with E-state index in [1.807, 2.05) is 30.3 Å². The first-order chi connectivity index (χ1) is 10.8. The summed E-state index contributed by atoms with van der Waals surface area (Å²) in [5.74, 6) is 0.335. The van der Waals surface area contributed by atoms with Crippen LogP contribution in [-0.4, -0.2) is 5.11 Å². The summed E-state index contributed by atoms with van der Waals surface area (Å²) in [6.07, 6.45) is 8.56.